The van der Waals surface area contributed by atoms with E-state index in [0.29, 0.717) is 18.2 Å². The Kier molecular flexibility index (Phi) is 9.20. The summed E-state index contributed by atoms with van der Waals surface area (Å²) in [4.78, 5) is 11.9. The van der Waals surface area contributed by atoms with Crippen LogP contribution in [0, 0.1) is 23.3 Å². The smallest absolute Gasteiger partial charge is 0.325 e. The molecule has 3 N–H and O–H groups in total. The van der Waals surface area contributed by atoms with Crippen LogP contribution < -0.4 is 14.8 Å². The fourth-order valence-electron chi connectivity index (χ4n) is 2.68. The number of amides is 2. The molecule has 0 spiro atoms. The van der Waals surface area contributed by atoms with Crippen molar-refractivity contribution in [1.29, 1.82) is 0 Å². The van der Waals surface area contributed by atoms with Gasteiger partial charge < -0.3 is 5.32 Å². The number of anilines is 1. The first-order valence-electron chi connectivity index (χ1n) is 9.59. The largest absolute Gasteiger partial charge is 0.333 e. The number of carbonyl (C=O) groups is 1. The highest BCUT2D eigenvalue weighted by molar-refractivity contribution is 7.97. The van der Waals surface area contributed by atoms with Crippen LogP contribution in [0.25, 0.3) is 0 Å². The Morgan fingerprint density at radius 1 is 0.969 bits per heavy atom. The van der Waals surface area contributed by atoms with E-state index in [2.05, 4.69) is 17.0 Å². The SMILES string of the molecule is CCCCc1ccc(CNC(=O)NSCc2c(F)c(F)c(NS(C)(=O)=O)c(F)c2F)cc1. The third kappa shape index (κ3) is 7.30. The van der Waals surface area contributed by atoms with Crippen molar-refractivity contribution in [2.45, 2.75) is 38.5 Å². The summed E-state index contributed by atoms with van der Waals surface area (Å²) in [5.41, 5.74) is -0.382. The summed E-state index contributed by atoms with van der Waals surface area (Å²) in [5.74, 6) is -7.90. The Labute approximate surface area is 188 Å². The van der Waals surface area contributed by atoms with Crippen LogP contribution in [-0.2, 0) is 28.7 Å². The molecular formula is C20H23F4N3O3S2. The molecule has 0 aliphatic heterocycles. The lowest BCUT2D eigenvalue weighted by Crippen LogP contribution is -2.31. The number of aryl methyl sites for hydroxylation is 1. The molecule has 0 bridgehead atoms. The van der Waals surface area contributed by atoms with Crippen molar-refractivity contribution < 1.29 is 30.8 Å². The van der Waals surface area contributed by atoms with Gasteiger partial charge in [-0.15, -0.1) is 0 Å². The van der Waals surface area contributed by atoms with Gasteiger partial charge in [-0.25, -0.2) is 30.8 Å². The van der Waals surface area contributed by atoms with Gasteiger partial charge in [-0.1, -0.05) is 37.6 Å². The highest BCUT2D eigenvalue weighted by atomic mass is 32.2. The number of carbonyl (C=O) groups excluding carboxylic acids is 1. The van der Waals surface area contributed by atoms with Crippen LogP contribution in [0.4, 0.5) is 28.0 Å². The Balaban J connectivity index is 1.92. The zero-order chi connectivity index (χ0) is 23.9. The Hall–Kier alpha value is -2.47. The van der Waals surface area contributed by atoms with Crippen LogP contribution in [0.5, 0.6) is 0 Å². The van der Waals surface area contributed by atoms with E-state index in [-0.39, 0.29) is 6.54 Å². The first-order chi connectivity index (χ1) is 15.0. The van der Waals surface area contributed by atoms with E-state index in [4.69, 9.17) is 0 Å². The lowest BCUT2D eigenvalue weighted by molar-refractivity contribution is 0.246. The predicted molar refractivity (Wildman–Crippen MR) is 116 cm³/mol. The number of hydrogen-bond acceptors (Lipinski definition) is 4. The number of unbranched alkanes of at least 4 members (excludes halogenated alkanes) is 1. The van der Waals surface area contributed by atoms with Crippen LogP contribution in [0.1, 0.15) is 36.5 Å². The fourth-order valence-corrected chi connectivity index (χ4v) is 3.90. The van der Waals surface area contributed by atoms with Crippen LogP contribution in [0.2, 0.25) is 0 Å². The number of nitrogens with one attached hydrogen (secondary N) is 3. The minimum absolute atomic E-state index is 0.207. The zero-order valence-electron chi connectivity index (χ0n) is 17.4. The van der Waals surface area contributed by atoms with Gasteiger partial charge in [0.25, 0.3) is 0 Å². The number of rotatable bonds is 10. The van der Waals surface area contributed by atoms with E-state index in [1.807, 2.05) is 24.3 Å². The molecule has 0 aliphatic carbocycles. The number of urea groups is 1. The normalized spacial score (nSPS) is 11.3. The van der Waals surface area contributed by atoms with E-state index in [9.17, 15) is 30.8 Å². The molecule has 0 fully saturated rings. The summed E-state index contributed by atoms with van der Waals surface area (Å²) in [6.45, 7) is 2.31. The summed E-state index contributed by atoms with van der Waals surface area (Å²) < 4.78 is 82.2. The Morgan fingerprint density at radius 2 is 1.53 bits per heavy atom. The average molecular weight is 494 g/mol. The molecule has 2 amide bonds. The van der Waals surface area contributed by atoms with Crippen molar-refractivity contribution in [3.63, 3.8) is 0 Å². The van der Waals surface area contributed by atoms with E-state index in [0.717, 1.165) is 24.8 Å². The monoisotopic (exact) mass is 493 g/mol. The Morgan fingerprint density at radius 3 is 2.06 bits per heavy atom. The third-order valence-electron chi connectivity index (χ3n) is 4.32. The first kappa shape index (κ1) is 25.8. The molecule has 6 nitrogen and oxygen atoms in total. The van der Waals surface area contributed by atoms with E-state index >= 15 is 0 Å². The van der Waals surface area contributed by atoms with Gasteiger partial charge in [0, 0.05) is 17.9 Å². The van der Waals surface area contributed by atoms with Crippen LogP contribution >= 0.6 is 11.9 Å². The number of halogens is 4. The molecule has 0 atom stereocenters. The minimum atomic E-state index is -4.17. The molecule has 0 aliphatic rings. The van der Waals surface area contributed by atoms with Gasteiger partial charge in [-0.3, -0.25) is 9.44 Å². The molecule has 0 heterocycles. The number of hydrogen-bond donors (Lipinski definition) is 3. The van der Waals surface area contributed by atoms with Crippen molar-refractivity contribution in [2.24, 2.45) is 0 Å². The highest BCUT2D eigenvalue weighted by Crippen LogP contribution is 2.30. The van der Waals surface area contributed by atoms with Crippen LogP contribution in [0.3, 0.4) is 0 Å². The average Bonchev–Trinajstić information content (AvgIpc) is 2.75. The minimum Gasteiger partial charge on any atom is -0.333 e. The summed E-state index contributed by atoms with van der Waals surface area (Å²) >= 11 is 0.512. The van der Waals surface area contributed by atoms with Gasteiger partial charge in [0.2, 0.25) is 10.0 Å². The predicted octanol–water partition coefficient (Wildman–Crippen LogP) is 4.60. The molecule has 2 aromatic carbocycles. The molecule has 0 saturated heterocycles. The molecule has 12 heteroatoms. The van der Waals surface area contributed by atoms with Crippen molar-refractivity contribution in [2.75, 3.05) is 11.0 Å². The number of benzene rings is 2. The van der Waals surface area contributed by atoms with E-state index in [1.54, 1.807) is 0 Å². The topological polar surface area (TPSA) is 87.3 Å². The summed E-state index contributed by atoms with van der Waals surface area (Å²) in [5, 5.41) is 2.55. The van der Waals surface area contributed by atoms with Gasteiger partial charge in [-0.05, 0) is 35.9 Å². The maximum absolute atomic E-state index is 14.1. The first-order valence-corrected chi connectivity index (χ1v) is 12.5. The van der Waals surface area contributed by atoms with E-state index in [1.165, 1.54) is 10.3 Å². The van der Waals surface area contributed by atoms with Crippen molar-refractivity contribution in [3.05, 3.63) is 64.2 Å². The van der Waals surface area contributed by atoms with Crippen LogP contribution in [0.15, 0.2) is 24.3 Å². The summed E-state index contributed by atoms with van der Waals surface area (Å²) in [6, 6.07) is 7.02. The molecule has 176 valence electrons. The molecule has 2 rings (SSSR count). The molecule has 0 radical (unpaired) electrons. The quantitative estimate of drug-likeness (QED) is 0.256. The third-order valence-corrected chi connectivity index (χ3v) is 5.66. The lowest BCUT2D eigenvalue weighted by Gasteiger charge is -2.13. The molecular weight excluding hydrogens is 470 g/mol. The van der Waals surface area contributed by atoms with Crippen molar-refractivity contribution >= 4 is 33.7 Å². The van der Waals surface area contributed by atoms with Gasteiger partial charge >= 0.3 is 6.03 Å². The second-order valence-electron chi connectivity index (χ2n) is 6.98. The standard InChI is InChI=1S/C20H23F4N3O3S2/c1-3-4-5-12-6-8-13(9-7-12)10-25-20(28)26-31-11-14-15(21)17(23)19(18(24)16(14)22)27-32(2,29)30/h6-9,27H,3-5,10-11H2,1-2H3,(H2,25,26,28). The maximum atomic E-state index is 14.1. The van der Waals surface area contributed by atoms with Gasteiger partial charge in [0.1, 0.15) is 5.69 Å². The fraction of sp³-hybridized carbons (Fsp3) is 0.350. The highest BCUT2D eigenvalue weighted by Gasteiger charge is 2.27. The van der Waals surface area contributed by atoms with Crippen molar-refractivity contribution in [3.8, 4) is 0 Å². The number of sulfonamides is 1. The molecule has 0 unspecified atom stereocenters. The second-order valence-corrected chi connectivity index (χ2v) is 9.51. The summed E-state index contributed by atoms with van der Waals surface area (Å²) in [7, 11) is -4.17. The molecule has 32 heavy (non-hydrogen) atoms. The summed E-state index contributed by atoms with van der Waals surface area (Å²) in [6.07, 6.45) is 3.73. The Bertz CT molecular complexity index is 1040. The van der Waals surface area contributed by atoms with Gasteiger partial charge in [-0.2, -0.15) is 0 Å². The van der Waals surface area contributed by atoms with Crippen molar-refractivity contribution in [1.82, 2.24) is 10.0 Å². The molecule has 2 aromatic rings. The van der Waals surface area contributed by atoms with Gasteiger partial charge in [0.05, 0.1) is 6.26 Å². The second kappa shape index (κ2) is 11.4. The van der Waals surface area contributed by atoms with Gasteiger partial charge in [0.15, 0.2) is 23.3 Å². The molecule has 0 saturated carbocycles. The zero-order valence-corrected chi connectivity index (χ0v) is 19.0. The van der Waals surface area contributed by atoms with Crippen LogP contribution in [-0.4, -0.2) is 20.7 Å². The maximum Gasteiger partial charge on any atom is 0.325 e. The molecule has 0 aromatic heterocycles. The lowest BCUT2D eigenvalue weighted by atomic mass is 10.1. The van der Waals surface area contributed by atoms with E-state index < -0.39 is 56.3 Å².